The van der Waals surface area contributed by atoms with Gasteiger partial charge < -0.3 is 14.2 Å². The van der Waals surface area contributed by atoms with Crippen molar-refractivity contribution in [1.29, 1.82) is 0 Å². The summed E-state index contributed by atoms with van der Waals surface area (Å²) in [6.07, 6.45) is 1.40. The van der Waals surface area contributed by atoms with E-state index in [1.807, 2.05) is 6.92 Å². The SMILES string of the molecule is CCOc1ccc(N(CC(=O)N/N=C\c2cc(Br)c(OCc3ccc(Cl)cc3Cl)c(OC)c2)S(=O)(=O)c2ccccc2)cc1. The van der Waals surface area contributed by atoms with Crippen LogP contribution in [0.25, 0.3) is 0 Å². The number of ether oxygens (including phenoxy) is 3. The topological polar surface area (TPSA) is 107 Å². The van der Waals surface area contributed by atoms with Crippen LogP contribution in [0.4, 0.5) is 5.69 Å². The van der Waals surface area contributed by atoms with Crippen molar-refractivity contribution < 1.29 is 27.4 Å². The number of halogens is 3. The number of carbonyl (C=O) groups excluding carboxylic acids is 1. The maximum absolute atomic E-state index is 13.5. The highest BCUT2D eigenvalue weighted by Crippen LogP contribution is 2.37. The van der Waals surface area contributed by atoms with Crippen molar-refractivity contribution in [2.24, 2.45) is 5.10 Å². The van der Waals surface area contributed by atoms with Crippen LogP contribution < -0.4 is 23.9 Å². The minimum Gasteiger partial charge on any atom is -0.494 e. The van der Waals surface area contributed by atoms with Gasteiger partial charge in [0, 0.05) is 15.6 Å². The van der Waals surface area contributed by atoms with Crippen LogP contribution in [0.1, 0.15) is 18.1 Å². The Hall–Kier alpha value is -3.77. The van der Waals surface area contributed by atoms with Gasteiger partial charge in [0.15, 0.2) is 11.5 Å². The molecule has 0 aliphatic heterocycles. The molecule has 0 atom stereocenters. The molecule has 44 heavy (non-hydrogen) atoms. The van der Waals surface area contributed by atoms with Gasteiger partial charge in [-0.05, 0) is 89.1 Å². The fourth-order valence-electron chi connectivity index (χ4n) is 4.00. The lowest BCUT2D eigenvalue weighted by atomic mass is 10.2. The van der Waals surface area contributed by atoms with Gasteiger partial charge in [-0.25, -0.2) is 13.8 Å². The minimum atomic E-state index is -4.07. The Labute approximate surface area is 274 Å². The lowest BCUT2D eigenvalue weighted by Gasteiger charge is -2.24. The second-order valence-electron chi connectivity index (χ2n) is 9.10. The Morgan fingerprint density at radius 3 is 2.39 bits per heavy atom. The predicted molar refractivity (Wildman–Crippen MR) is 176 cm³/mol. The molecule has 0 heterocycles. The highest BCUT2D eigenvalue weighted by molar-refractivity contribution is 9.10. The van der Waals surface area contributed by atoms with E-state index in [2.05, 4.69) is 26.5 Å². The molecule has 1 amide bonds. The smallest absolute Gasteiger partial charge is 0.264 e. The first-order chi connectivity index (χ1) is 21.1. The summed E-state index contributed by atoms with van der Waals surface area (Å²) < 4.78 is 45.6. The Morgan fingerprint density at radius 2 is 1.73 bits per heavy atom. The van der Waals surface area contributed by atoms with Crippen molar-refractivity contribution in [2.45, 2.75) is 18.4 Å². The zero-order valence-corrected chi connectivity index (χ0v) is 27.6. The monoisotopic (exact) mass is 719 g/mol. The second kappa shape index (κ2) is 15.3. The molecule has 4 aromatic carbocycles. The summed E-state index contributed by atoms with van der Waals surface area (Å²) in [4.78, 5) is 13.0. The first-order valence-corrected chi connectivity index (χ1v) is 16.2. The van der Waals surface area contributed by atoms with E-state index in [1.54, 1.807) is 72.8 Å². The summed E-state index contributed by atoms with van der Waals surface area (Å²) in [7, 11) is -2.58. The number of sulfonamides is 1. The number of hydrogen-bond donors (Lipinski definition) is 1. The van der Waals surface area contributed by atoms with E-state index >= 15 is 0 Å². The van der Waals surface area contributed by atoms with Crippen molar-refractivity contribution in [1.82, 2.24) is 5.43 Å². The quantitative estimate of drug-likeness (QED) is 0.117. The largest absolute Gasteiger partial charge is 0.494 e. The Bertz CT molecular complexity index is 1740. The maximum atomic E-state index is 13.5. The summed E-state index contributed by atoms with van der Waals surface area (Å²) in [5.74, 6) is 0.777. The summed E-state index contributed by atoms with van der Waals surface area (Å²) >= 11 is 15.7. The van der Waals surface area contributed by atoms with Crippen LogP contribution in [0, 0.1) is 0 Å². The van der Waals surface area contributed by atoms with Crippen molar-refractivity contribution in [2.75, 3.05) is 24.6 Å². The van der Waals surface area contributed by atoms with E-state index in [9.17, 15) is 13.2 Å². The molecule has 0 saturated heterocycles. The van der Waals surface area contributed by atoms with Crippen LogP contribution in [0.3, 0.4) is 0 Å². The predicted octanol–water partition coefficient (Wildman–Crippen LogP) is 7.09. The van der Waals surface area contributed by atoms with Gasteiger partial charge in [0.25, 0.3) is 15.9 Å². The van der Waals surface area contributed by atoms with E-state index in [0.717, 1.165) is 9.87 Å². The molecule has 13 heteroatoms. The highest BCUT2D eigenvalue weighted by atomic mass is 79.9. The van der Waals surface area contributed by atoms with Gasteiger partial charge in [0.2, 0.25) is 0 Å². The van der Waals surface area contributed by atoms with Gasteiger partial charge in [0.05, 0.1) is 35.0 Å². The molecule has 0 aliphatic carbocycles. The molecule has 4 aromatic rings. The molecular formula is C31H28BrCl2N3O6S. The Kier molecular flexibility index (Phi) is 11.5. The summed E-state index contributed by atoms with van der Waals surface area (Å²) in [5.41, 5.74) is 4.01. The van der Waals surface area contributed by atoms with Gasteiger partial charge in [-0.1, -0.05) is 47.5 Å². The minimum absolute atomic E-state index is 0.0442. The van der Waals surface area contributed by atoms with Crippen molar-refractivity contribution in [3.05, 3.63) is 111 Å². The Balaban J connectivity index is 1.48. The number of benzene rings is 4. The number of hydrogen-bond acceptors (Lipinski definition) is 7. The summed E-state index contributed by atoms with van der Waals surface area (Å²) in [5, 5.41) is 5.03. The standard InChI is InChI=1S/C31H28BrCl2N3O6S/c1-3-42-25-13-11-24(12-14-25)37(44(39,40)26-7-5-4-6-8-26)19-30(38)36-35-18-21-15-27(32)31(29(16-21)41-2)43-20-22-9-10-23(33)17-28(22)34/h4-18H,3,19-20H2,1-2H3,(H,36,38)/b35-18-. The number of nitrogens with zero attached hydrogens (tertiary/aromatic N) is 2. The maximum Gasteiger partial charge on any atom is 0.264 e. The van der Waals surface area contributed by atoms with E-state index < -0.39 is 22.5 Å². The number of hydrazone groups is 1. The van der Waals surface area contributed by atoms with Crippen LogP contribution in [0.15, 0.2) is 99.4 Å². The molecule has 0 bridgehead atoms. The molecule has 0 aliphatic rings. The van der Waals surface area contributed by atoms with Crippen molar-refractivity contribution >= 4 is 67.0 Å². The average Bonchev–Trinajstić information content (AvgIpc) is 3.01. The third-order valence-corrected chi connectivity index (χ3v) is 9.06. The number of amides is 1. The summed E-state index contributed by atoms with van der Waals surface area (Å²) in [6.45, 7) is 1.96. The lowest BCUT2D eigenvalue weighted by Crippen LogP contribution is -2.39. The zero-order valence-electron chi connectivity index (χ0n) is 23.7. The van der Waals surface area contributed by atoms with Gasteiger partial charge in [0.1, 0.15) is 18.9 Å². The van der Waals surface area contributed by atoms with Gasteiger partial charge in [-0.3, -0.25) is 9.10 Å². The third-order valence-electron chi connectivity index (χ3n) is 6.10. The number of carbonyl (C=O) groups is 1. The first kappa shape index (κ1) is 33.1. The molecular weight excluding hydrogens is 693 g/mol. The van der Waals surface area contributed by atoms with Gasteiger partial charge in [-0.2, -0.15) is 5.10 Å². The molecule has 230 valence electrons. The van der Waals surface area contributed by atoms with Crippen molar-refractivity contribution in [3.8, 4) is 17.2 Å². The number of nitrogens with one attached hydrogen (secondary N) is 1. The van der Waals surface area contributed by atoms with E-state index in [-0.39, 0.29) is 11.5 Å². The summed E-state index contributed by atoms with van der Waals surface area (Å²) in [6, 6.07) is 22.9. The Morgan fingerprint density at radius 1 is 1.00 bits per heavy atom. The molecule has 4 rings (SSSR count). The molecule has 9 nitrogen and oxygen atoms in total. The average molecular weight is 721 g/mol. The second-order valence-corrected chi connectivity index (χ2v) is 12.7. The third kappa shape index (κ3) is 8.44. The normalized spacial score (nSPS) is 11.3. The number of rotatable bonds is 13. The molecule has 0 saturated carbocycles. The molecule has 0 fully saturated rings. The van der Waals surface area contributed by atoms with Gasteiger partial charge in [-0.15, -0.1) is 0 Å². The molecule has 0 radical (unpaired) electrons. The van der Waals surface area contributed by atoms with Gasteiger partial charge >= 0.3 is 0 Å². The van der Waals surface area contributed by atoms with Crippen LogP contribution in [0.2, 0.25) is 10.0 Å². The van der Waals surface area contributed by atoms with E-state index in [1.165, 1.54) is 25.5 Å². The van der Waals surface area contributed by atoms with Crippen LogP contribution in [-0.4, -0.2) is 40.8 Å². The van der Waals surface area contributed by atoms with Crippen molar-refractivity contribution in [3.63, 3.8) is 0 Å². The lowest BCUT2D eigenvalue weighted by molar-refractivity contribution is -0.119. The number of methoxy groups -OCH3 is 1. The molecule has 0 unspecified atom stereocenters. The van der Waals surface area contributed by atoms with Crippen LogP contribution in [-0.2, 0) is 21.4 Å². The number of anilines is 1. The fraction of sp³-hybridized carbons (Fsp3) is 0.161. The molecule has 0 spiro atoms. The molecule has 0 aromatic heterocycles. The highest BCUT2D eigenvalue weighted by Gasteiger charge is 2.27. The zero-order chi connectivity index (χ0) is 31.7. The fourth-order valence-corrected chi connectivity index (χ4v) is 6.48. The van der Waals surface area contributed by atoms with Crippen LogP contribution in [0.5, 0.6) is 17.2 Å². The van der Waals surface area contributed by atoms with E-state index in [0.29, 0.717) is 49.6 Å². The first-order valence-electron chi connectivity index (χ1n) is 13.2. The van der Waals surface area contributed by atoms with E-state index in [4.69, 9.17) is 37.4 Å². The van der Waals surface area contributed by atoms with Crippen LogP contribution >= 0.6 is 39.1 Å². The molecule has 1 N–H and O–H groups in total.